The van der Waals surface area contributed by atoms with Crippen LogP contribution >= 0.6 is 0 Å². The van der Waals surface area contributed by atoms with Crippen LogP contribution in [0.5, 0.6) is 11.8 Å². The number of likely N-dealkylation sites (N-methyl/N-ethyl adjacent to an activating group) is 1. The highest BCUT2D eigenvalue weighted by Gasteiger charge is 2.29. The molecule has 1 aromatic heterocycles. The van der Waals surface area contributed by atoms with Crippen molar-refractivity contribution in [3.05, 3.63) is 11.9 Å². The minimum Gasteiger partial charge on any atom is -0.480 e. The van der Waals surface area contributed by atoms with Crippen molar-refractivity contribution in [2.75, 3.05) is 41.1 Å². The zero-order chi connectivity index (χ0) is 13.7. The van der Waals surface area contributed by atoms with Gasteiger partial charge in [-0.1, -0.05) is 0 Å². The third kappa shape index (κ3) is 3.12. The minimum atomic E-state index is -0.145. The van der Waals surface area contributed by atoms with E-state index in [0.717, 1.165) is 0 Å². The summed E-state index contributed by atoms with van der Waals surface area (Å²) in [5.41, 5.74) is 0.682. The maximum atomic E-state index is 5.70. The SMILES string of the molecule is CNC(c1ncc(OC)nc1OC)C1COCCO1. The van der Waals surface area contributed by atoms with Crippen molar-refractivity contribution in [1.29, 1.82) is 0 Å². The molecule has 0 amide bonds. The molecule has 0 saturated carbocycles. The molecule has 0 radical (unpaired) electrons. The van der Waals surface area contributed by atoms with Crippen molar-refractivity contribution in [2.24, 2.45) is 0 Å². The van der Waals surface area contributed by atoms with E-state index in [0.29, 0.717) is 37.3 Å². The maximum absolute atomic E-state index is 5.70. The fraction of sp³-hybridized carbons (Fsp3) is 0.667. The second kappa shape index (κ2) is 6.65. The average molecular weight is 269 g/mol. The van der Waals surface area contributed by atoms with E-state index < -0.39 is 0 Å². The van der Waals surface area contributed by atoms with E-state index in [1.165, 1.54) is 7.11 Å². The van der Waals surface area contributed by atoms with Gasteiger partial charge in [-0.25, -0.2) is 4.98 Å². The highest BCUT2D eigenvalue weighted by Crippen LogP contribution is 2.27. The molecule has 2 heterocycles. The van der Waals surface area contributed by atoms with Crippen molar-refractivity contribution in [3.8, 4) is 11.8 Å². The Balaban J connectivity index is 2.26. The Morgan fingerprint density at radius 3 is 2.79 bits per heavy atom. The van der Waals surface area contributed by atoms with Crippen LogP contribution in [-0.4, -0.2) is 57.2 Å². The van der Waals surface area contributed by atoms with Crippen molar-refractivity contribution >= 4 is 0 Å². The van der Waals surface area contributed by atoms with Gasteiger partial charge < -0.3 is 24.3 Å². The van der Waals surface area contributed by atoms with Crippen LogP contribution in [0.1, 0.15) is 11.7 Å². The summed E-state index contributed by atoms with van der Waals surface area (Å²) in [6, 6.07) is -0.145. The van der Waals surface area contributed by atoms with Gasteiger partial charge in [0.15, 0.2) is 0 Å². The number of ether oxygens (including phenoxy) is 4. The smallest absolute Gasteiger partial charge is 0.240 e. The van der Waals surface area contributed by atoms with E-state index in [1.807, 2.05) is 7.05 Å². The summed E-state index contributed by atoms with van der Waals surface area (Å²) < 4.78 is 21.4. The highest BCUT2D eigenvalue weighted by atomic mass is 16.6. The number of nitrogens with zero attached hydrogens (tertiary/aromatic N) is 2. The van der Waals surface area contributed by atoms with Crippen LogP contribution in [-0.2, 0) is 9.47 Å². The zero-order valence-electron chi connectivity index (χ0n) is 11.4. The molecule has 1 fully saturated rings. The highest BCUT2D eigenvalue weighted by molar-refractivity contribution is 5.26. The molecule has 0 aromatic carbocycles. The molecule has 2 atom stereocenters. The summed E-state index contributed by atoms with van der Waals surface area (Å²) in [5, 5.41) is 3.17. The third-order valence-corrected chi connectivity index (χ3v) is 2.97. The Morgan fingerprint density at radius 1 is 1.37 bits per heavy atom. The molecule has 7 heteroatoms. The topological polar surface area (TPSA) is 74.7 Å². The monoisotopic (exact) mass is 269 g/mol. The van der Waals surface area contributed by atoms with E-state index in [9.17, 15) is 0 Å². The summed E-state index contributed by atoms with van der Waals surface area (Å²) in [4.78, 5) is 8.59. The molecule has 1 aliphatic heterocycles. The lowest BCUT2D eigenvalue weighted by Crippen LogP contribution is -2.40. The van der Waals surface area contributed by atoms with Crippen molar-refractivity contribution in [1.82, 2.24) is 15.3 Å². The van der Waals surface area contributed by atoms with Crippen LogP contribution in [0.15, 0.2) is 6.20 Å². The summed E-state index contributed by atoms with van der Waals surface area (Å²) in [5.74, 6) is 0.837. The number of rotatable bonds is 5. The Labute approximate surface area is 112 Å². The zero-order valence-corrected chi connectivity index (χ0v) is 11.4. The Bertz CT molecular complexity index is 410. The number of hydrogen-bond donors (Lipinski definition) is 1. The van der Waals surface area contributed by atoms with E-state index in [1.54, 1.807) is 13.3 Å². The molecule has 1 aliphatic rings. The van der Waals surface area contributed by atoms with Crippen LogP contribution in [0, 0.1) is 0 Å². The first-order valence-corrected chi connectivity index (χ1v) is 6.11. The number of aromatic nitrogens is 2. The van der Waals surface area contributed by atoms with Crippen LogP contribution in [0.2, 0.25) is 0 Å². The second-order valence-electron chi connectivity index (χ2n) is 4.06. The summed E-state index contributed by atoms with van der Waals surface area (Å²) in [6.07, 6.45) is 1.45. The molecule has 106 valence electrons. The molecule has 0 aliphatic carbocycles. The van der Waals surface area contributed by atoms with Crippen molar-refractivity contribution < 1.29 is 18.9 Å². The Kier molecular flexibility index (Phi) is 4.89. The quantitative estimate of drug-likeness (QED) is 0.816. The van der Waals surface area contributed by atoms with Crippen molar-refractivity contribution in [3.63, 3.8) is 0 Å². The molecule has 19 heavy (non-hydrogen) atoms. The van der Waals surface area contributed by atoms with Gasteiger partial charge in [0.25, 0.3) is 0 Å². The lowest BCUT2D eigenvalue weighted by atomic mass is 10.1. The summed E-state index contributed by atoms with van der Waals surface area (Å²) in [7, 11) is 4.93. The molecule has 1 saturated heterocycles. The van der Waals surface area contributed by atoms with Gasteiger partial charge in [0.1, 0.15) is 11.8 Å². The molecule has 7 nitrogen and oxygen atoms in total. The lowest BCUT2D eigenvalue weighted by molar-refractivity contribution is -0.102. The Hall–Kier alpha value is -1.44. The van der Waals surface area contributed by atoms with E-state index >= 15 is 0 Å². The first kappa shape index (κ1) is 14.0. The van der Waals surface area contributed by atoms with E-state index in [4.69, 9.17) is 18.9 Å². The van der Waals surface area contributed by atoms with Crippen LogP contribution in [0.3, 0.4) is 0 Å². The fourth-order valence-corrected chi connectivity index (χ4v) is 2.03. The number of hydrogen-bond acceptors (Lipinski definition) is 7. The first-order valence-electron chi connectivity index (χ1n) is 6.11. The first-order chi connectivity index (χ1) is 9.30. The van der Waals surface area contributed by atoms with Crippen molar-refractivity contribution in [2.45, 2.75) is 12.1 Å². The summed E-state index contributed by atoms with van der Waals surface area (Å²) in [6.45, 7) is 1.72. The molecule has 1 N–H and O–H groups in total. The summed E-state index contributed by atoms with van der Waals surface area (Å²) >= 11 is 0. The van der Waals surface area contributed by atoms with Gasteiger partial charge in [0.2, 0.25) is 11.8 Å². The minimum absolute atomic E-state index is 0.115. The standard InChI is InChI=1S/C12H19N3O4/c1-13-10(8-7-18-4-5-19-8)11-12(17-3)15-9(16-2)6-14-11/h6,8,10,13H,4-5,7H2,1-3H3. The van der Waals surface area contributed by atoms with Gasteiger partial charge in [0, 0.05) is 0 Å². The fourth-order valence-electron chi connectivity index (χ4n) is 2.03. The molecule has 0 bridgehead atoms. The van der Waals surface area contributed by atoms with Crippen LogP contribution in [0.4, 0.5) is 0 Å². The van der Waals surface area contributed by atoms with E-state index in [2.05, 4.69) is 15.3 Å². The molecule has 1 aromatic rings. The van der Waals surface area contributed by atoms with Gasteiger partial charge in [-0.3, -0.25) is 0 Å². The van der Waals surface area contributed by atoms with Gasteiger partial charge >= 0.3 is 0 Å². The van der Waals surface area contributed by atoms with Gasteiger partial charge in [-0.15, -0.1) is 0 Å². The molecular formula is C12H19N3O4. The predicted molar refractivity (Wildman–Crippen MR) is 67.5 cm³/mol. The van der Waals surface area contributed by atoms with Crippen LogP contribution < -0.4 is 14.8 Å². The molecule has 0 spiro atoms. The molecule has 2 rings (SSSR count). The number of methoxy groups -OCH3 is 2. The largest absolute Gasteiger partial charge is 0.480 e. The number of nitrogens with one attached hydrogen (secondary N) is 1. The third-order valence-electron chi connectivity index (χ3n) is 2.97. The maximum Gasteiger partial charge on any atom is 0.240 e. The van der Waals surface area contributed by atoms with Gasteiger partial charge in [0.05, 0.1) is 46.3 Å². The normalized spacial score (nSPS) is 20.9. The molecular weight excluding hydrogens is 250 g/mol. The molecule has 2 unspecified atom stereocenters. The van der Waals surface area contributed by atoms with Gasteiger partial charge in [-0.05, 0) is 7.05 Å². The second-order valence-corrected chi connectivity index (χ2v) is 4.06. The van der Waals surface area contributed by atoms with Crippen LogP contribution in [0.25, 0.3) is 0 Å². The Morgan fingerprint density at radius 2 is 2.21 bits per heavy atom. The van der Waals surface area contributed by atoms with E-state index in [-0.39, 0.29) is 12.1 Å². The average Bonchev–Trinajstić information content (AvgIpc) is 2.49. The lowest BCUT2D eigenvalue weighted by Gasteiger charge is -2.30. The predicted octanol–water partition coefficient (Wildman–Crippen LogP) is 0.170. The van der Waals surface area contributed by atoms with Gasteiger partial charge in [-0.2, -0.15) is 4.98 Å².